The van der Waals surface area contributed by atoms with Gasteiger partial charge in [0.25, 0.3) is 0 Å². The zero-order valence-corrected chi connectivity index (χ0v) is 12.3. The standard InChI is InChI=1S/C16H15ClFNO2/c1-21-15-8-5-12(17)10-14(15)19-16(20)9-4-11-2-6-13(18)7-3-11/h2-3,5-8,10H,4,9H2,1H3,(H,19,20). The first-order valence-corrected chi connectivity index (χ1v) is 6.84. The molecule has 21 heavy (non-hydrogen) atoms. The molecule has 0 unspecified atom stereocenters. The predicted molar refractivity (Wildman–Crippen MR) is 81.4 cm³/mol. The zero-order chi connectivity index (χ0) is 15.2. The van der Waals surface area contributed by atoms with Gasteiger partial charge < -0.3 is 10.1 Å². The molecule has 1 N–H and O–H groups in total. The summed E-state index contributed by atoms with van der Waals surface area (Å²) < 4.78 is 18.0. The maximum atomic E-state index is 12.8. The van der Waals surface area contributed by atoms with E-state index < -0.39 is 0 Å². The summed E-state index contributed by atoms with van der Waals surface area (Å²) in [5.74, 6) is 0.112. The van der Waals surface area contributed by atoms with Crippen LogP contribution in [0, 0.1) is 5.82 Å². The van der Waals surface area contributed by atoms with Crippen molar-refractivity contribution in [3.8, 4) is 5.75 Å². The van der Waals surface area contributed by atoms with Gasteiger partial charge in [0.2, 0.25) is 5.91 Å². The third-order valence-corrected chi connectivity index (χ3v) is 3.22. The number of nitrogens with one attached hydrogen (secondary N) is 1. The molecule has 5 heteroatoms. The number of aryl methyl sites for hydroxylation is 1. The minimum Gasteiger partial charge on any atom is -0.495 e. The van der Waals surface area contributed by atoms with E-state index >= 15 is 0 Å². The molecule has 1 amide bonds. The van der Waals surface area contributed by atoms with Crippen LogP contribution in [0.1, 0.15) is 12.0 Å². The summed E-state index contributed by atoms with van der Waals surface area (Å²) in [6.45, 7) is 0. The van der Waals surface area contributed by atoms with Crippen LogP contribution in [0.5, 0.6) is 5.75 Å². The quantitative estimate of drug-likeness (QED) is 0.904. The molecular weight excluding hydrogens is 293 g/mol. The van der Waals surface area contributed by atoms with Crippen molar-refractivity contribution in [2.24, 2.45) is 0 Å². The number of methoxy groups -OCH3 is 1. The maximum absolute atomic E-state index is 12.8. The van der Waals surface area contributed by atoms with Crippen molar-refractivity contribution in [3.05, 3.63) is 58.9 Å². The third-order valence-electron chi connectivity index (χ3n) is 2.99. The van der Waals surface area contributed by atoms with E-state index in [1.807, 2.05) is 0 Å². The van der Waals surface area contributed by atoms with Crippen LogP contribution in [0.2, 0.25) is 5.02 Å². The second-order valence-corrected chi connectivity index (χ2v) is 4.96. The second-order valence-electron chi connectivity index (χ2n) is 4.52. The van der Waals surface area contributed by atoms with Gasteiger partial charge in [0.05, 0.1) is 12.8 Å². The minimum atomic E-state index is -0.285. The highest BCUT2D eigenvalue weighted by Gasteiger charge is 2.08. The number of halogens is 2. The van der Waals surface area contributed by atoms with Gasteiger partial charge in [-0.15, -0.1) is 0 Å². The zero-order valence-electron chi connectivity index (χ0n) is 11.5. The molecule has 3 nitrogen and oxygen atoms in total. The van der Waals surface area contributed by atoms with Crippen LogP contribution in [-0.4, -0.2) is 13.0 Å². The topological polar surface area (TPSA) is 38.3 Å². The van der Waals surface area contributed by atoms with E-state index in [0.29, 0.717) is 29.3 Å². The Morgan fingerprint density at radius 2 is 1.95 bits per heavy atom. The van der Waals surface area contributed by atoms with Gasteiger partial charge in [-0.25, -0.2) is 4.39 Å². The average Bonchev–Trinajstić information content (AvgIpc) is 2.47. The highest BCUT2D eigenvalue weighted by Crippen LogP contribution is 2.27. The van der Waals surface area contributed by atoms with Crippen molar-refractivity contribution in [1.82, 2.24) is 0 Å². The van der Waals surface area contributed by atoms with Crippen molar-refractivity contribution >= 4 is 23.2 Å². The molecule has 0 atom stereocenters. The molecule has 2 rings (SSSR count). The summed E-state index contributed by atoms with van der Waals surface area (Å²) in [4.78, 5) is 11.9. The summed E-state index contributed by atoms with van der Waals surface area (Å²) in [5, 5.41) is 3.28. The molecule has 0 aliphatic heterocycles. The van der Waals surface area contributed by atoms with E-state index in [-0.39, 0.29) is 11.7 Å². The smallest absolute Gasteiger partial charge is 0.224 e. The number of rotatable bonds is 5. The molecule has 2 aromatic rings. The highest BCUT2D eigenvalue weighted by molar-refractivity contribution is 6.31. The largest absolute Gasteiger partial charge is 0.495 e. The number of hydrogen-bond acceptors (Lipinski definition) is 2. The lowest BCUT2D eigenvalue weighted by molar-refractivity contribution is -0.116. The van der Waals surface area contributed by atoms with E-state index in [1.165, 1.54) is 19.2 Å². The van der Waals surface area contributed by atoms with Crippen molar-refractivity contribution in [2.45, 2.75) is 12.8 Å². The molecule has 0 aromatic heterocycles. The molecule has 110 valence electrons. The molecular formula is C16H15ClFNO2. The van der Waals surface area contributed by atoms with Gasteiger partial charge in [-0.2, -0.15) is 0 Å². The van der Waals surface area contributed by atoms with Gasteiger partial charge >= 0.3 is 0 Å². The fourth-order valence-electron chi connectivity index (χ4n) is 1.90. The summed E-state index contributed by atoms with van der Waals surface area (Å²) in [6.07, 6.45) is 0.830. The first kappa shape index (κ1) is 15.3. The number of amides is 1. The number of ether oxygens (including phenoxy) is 1. The Labute approximate surface area is 127 Å². The van der Waals surface area contributed by atoms with Crippen LogP contribution in [0.3, 0.4) is 0 Å². The van der Waals surface area contributed by atoms with E-state index in [2.05, 4.69) is 5.32 Å². The van der Waals surface area contributed by atoms with Gasteiger partial charge in [-0.3, -0.25) is 4.79 Å². The van der Waals surface area contributed by atoms with Crippen molar-refractivity contribution in [3.63, 3.8) is 0 Å². The van der Waals surface area contributed by atoms with Crippen molar-refractivity contribution in [2.75, 3.05) is 12.4 Å². The van der Waals surface area contributed by atoms with Crippen LogP contribution >= 0.6 is 11.6 Å². The first-order chi connectivity index (χ1) is 10.1. The van der Waals surface area contributed by atoms with Crippen LogP contribution in [0.4, 0.5) is 10.1 Å². The van der Waals surface area contributed by atoms with Crippen molar-refractivity contribution < 1.29 is 13.9 Å². The Kier molecular flexibility index (Phi) is 5.17. The lowest BCUT2D eigenvalue weighted by Crippen LogP contribution is -2.13. The van der Waals surface area contributed by atoms with E-state index in [9.17, 15) is 9.18 Å². The third kappa shape index (κ3) is 4.46. The van der Waals surface area contributed by atoms with Gasteiger partial charge in [0.1, 0.15) is 11.6 Å². The Hall–Kier alpha value is -2.07. The normalized spacial score (nSPS) is 10.2. The summed E-state index contributed by atoms with van der Waals surface area (Å²) in [7, 11) is 1.53. The monoisotopic (exact) mass is 307 g/mol. The summed E-state index contributed by atoms with van der Waals surface area (Å²) >= 11 is 5.90. The second kappa shape index (κ2) is 7.09. The van der Waals surface area contributed by atoms with Crippen LogP contribution in [0.25, 0.3) is 0 Å². The highest BCUT2D eigenvalue weighted by atomic mass is 35.5. The molecule has 0 aliphatic rings. The van der Waals surface area contributed by atoms with E-state index in [4.69, 9.17) is 16.3 Å². The fraction of sp³-hybridized carbons (Fsp3) is 0.188. The molecule has 0 spiro atoms. The Bertz CT molecular complexity index is 629. The minimum absolute atomic E-state index is 0.153. The van der Waals surface area contributed by atoms with Crippen LogP contribution < -0.4 is 10.1 Å². The molecule has 0 saturated carbocycles. The number of hydrogen-bond donors (Lipinski definition) is 1. The molecule has 2 aromatic carbocycles. The number of carbonyl (C=O) groups is 1. The lowest BCUT2D eigenvalue weighted by atomic mass is 10.1. The first-order valence-electron chi connectivity index (χ1n) is 6.46. The molecule has 0 fully saturated rings. The number of carbonyl (C=O) groups excluding carboxylic acids is 1. The average molecular weight is 308 g/mol. The Balaban J connectivity index is 1.95. The Morgan fingerprint density at radius 1 is 1.24 bits per heavy atom. The summed E-state index contributed by atoms with van der Waals surface area (Å²) in [6, 6.07) is 11.1. The van der Waals surface area contributed by atoms with E-state index in [1.54, 1.807) is 30.3 Å². The number of anilines is 1. The van der Waals surface area contributed by atoms with Gasteiger partial charge in [0.15, 0.2) is 0 Å². The lowest BCUT2D eigenvalue weighted by Gasteiger charge is -2.10. The summed E-state index contributed by atoms with van der Waals surface area (Å²) in [5.41, 5.74) is 1.44. The fourth-order valence-corrected chi connectivity index (χ4v) is 2.07. The van der Waals surface area contributed by atoms with Crippen molar-refractivity contribution in [1.29, 1.82) is 0 Å². The molecule has 0 bridgehead atoms. The van der Waals surface area contributed by atoms with Crippen LogP contribution in [0.15, 0.2) is 42.5 Å². The molecule has 0 saturated heterocycles. The molecule has 0 heterocycles. The molecule has 0 aliphatic carbocycles. The SMILES string of the molecule is COc1ccc(Cl)cc1NC(=O)CCc1ccc(F)cc1. The number of benzene rings is 2. The van der Waals surface area contributed by atoms with Gasteiger partial charge in [0, 0.05) is 11.4 Å². The maximum Gasteiger partial charge on any atom is 0.224 e. The van der Waals surface area contributed by atoms with Gasteiger partial charge in [-0.05, 0) is 42.3 Å². The van der Waals surface area contributed by atoms with Crippen LogP contribution in [-0.2, 0) is 11.2 Å². The van der Waals surface area contributed by atoms with E-state index in [0.717, 1.165) is 5.56 Å². The Morgan fingerprint density at radius 3 is 2.62 bits per heavy atom. The van der Waals surface area contributed by atoms with Gasteiger partial charge in [-0.1, -0.05) is 23.7 Å². The predicted octanol–water partition coefficient (Wildman–Crippen LogP) is 4.06. The molecule has 0 radical (unpaired) electrons.